The molecule has 3 rings (SSSR count). The fraction of sp³-hybridized carbons (Fsp3) is 0.500. The summed E-state index contributed by atoms with van der Waals surface area (Å²) in [5.74, 6) is 0. The summed E-state index contributed by atoms with van der Waals surface area (Å²) < 4.78 is 5.83. The van der Waals surface area contributed by atoms with Crippen LogP contribution >= 0.6 is 0 Å². The van der Waals surface area contributed by atoms with Crippen LogP contribution in [0.15, 0.2) is 18.2 Å². The van der Waals surface area contributed by atoms with Gasteiger partial charge in [-0.15, -0.1) is 0 Å². The highest BCUT2D eigenvalue weighted by Gasteiger charge is 2.20. The number of rotatable bonds is 3. The summed E-state index contributed by atoms with van der Waals surface area (Å²) in [6.45, 7) is 1.53. The number of aromatic amines is 1. The minimum atomic E-state index is 0.178. The zero-order valence-electron chi connectivity index (χ0n) is 10.5. The second-order valence-electron chi connectivity index (χ2n) is 4.88. The zero-order valence-corrected chi connectivity index (χ0v) is 10.5. The average molecular weight is 245 g/mol. The lowest BCUT2D eigenvalue weighted by Gasteiger charge is -2.21. The monoisotopic (exact) mass is 245 g/mol. The Labute approximate surface area is 107 Å². The molecule has 3 N–H and O–H groups in total. The fourth-order valence-electron chi connectivity index (χ4n) is 2.61. The topological polar surface area (TPSA) is 63.9 Å². The van der Waals surface area contributed by atoms with Crippen molar-refractivity contribution in [2.24, 2.45) is 5.73 Å². The zero-order chi connectivity index (χ0) is 12.4. The Kier molecular flexibility index (Phi) is 3.30. The highest BCUT2D eigenvalue weighted by Crippen LogP contribution is 2.31. The Morgan fingerprint density at radius 1 is 1.39 bits per heavy atom. The molecular formula is C14H19N3O. The van der Waals surface area contributed by atoms with Gasteiger partial charge in [-0.1, -0.05) is 6.07 Å². The molecule has 1 aromatic carbocycles. The van der Waals surface area contributed by atoms with E-state index in [1.165, 1.54) is 23.8 Å². The van der Waals surface area contributed by atoms with Gasteiger partial charge in [0.2, 0.25) is 0 Å². The third kappa shape index (κ3) is 2.13. The molecule has 0 radical (unpaired) electrons. The van der Waals surface area contributed by atoms with Gasteiger partial charge in [-0.2, -0.15) is 5.10 Å². The standard InChI is InChI=1S/C14H19N3O/c15-7-6-10-4-5-12-11(9-10)14(17-16-12)13-3-1-2-8-18-13/h4-5,9,13H,1-3,6-8,15H2,(H,16,17). The van der Waals surface area contributed by atoms with Crippen molar-refractivity contribution in [3.63, 3.8) is 0 Å². The number of nitrogens with zero attached hydrogens (tertiary/aromatic N) is 1. The molecule has 4 nitrogen and oxygen atoms in total. The Morgan fingerprint density at radius 3 is 3.11 bits per heavy atom. The van der Waals surface area contributed by atoms with E-state index in [0.717, 1.165) is 30.7 Å². The summed E-state index contributed by atoms with van der Waals surface area (Å²) in [6.07, 6.45) is 4.57. The Bertz CT molecular complexity index is 529. The molecule has 1 saturated heterocycles. The predicted octanol–water partition coefficient (Wildman–Crippen LogP) is 2.31. The van der Waals surface area contributed by atoms with Crippen LogP contribution in [0, 0.1) is 0 Å². The maximum Gasteiger partial charge on any atom is 0.0995 e. The van der Waals surface area contributed by atoms with E-state index in [0.29, 0.717) is 6.54 Å². The molecule has 4 heteroatoms. The first-order chi connectivity index (χ1) is 8.88. The molecule has 0 amide bonds. The van der Waals surface area contributed by atoms with Crippen molar-refractivity contribution in [1.29, 1.82) is 0 Å². The maximum absolute atomic E-state index is 5.83. The van der Waals surface area contributed by atoms with Gasteiger partial charge in [-0.3, -0.25) is 5.10 Å². The highest BCUT2D eigenvalue weighted by atomic mass is 16.5. The van der Waals surface area contributed by atoms with Crippen LogP contribution in [0.5, 0.6) is 0 Å². The van der Waals surface area contributed by atoms with Crippen LogP contribution in [0.2, 0.25) is 0 Å². The van der Waals surface area contributed by atoms with Gasteiger partial charge >= 0.3 is 0 Å². The molecule has 1 unspecified atom stereocenters. The van der Waals surface area contributed by atoms with Crippen molar-refractivity contribution in [3.8, 4) is 0 Å². The minimum absolute atomic E-state index is 0.178. The Morgan fingerprint density at radius 2 is 2.33 bits per heavy atom. The van der Waals surface area contributed by atoms with Gasteiger partial charge in [0.05, 0.1) is 17.3 Å². The van der Waals surface area contributed by atoms with E-state index in [2.05, 4.69) is 28.4 Å². The van der Waals surface area contributed by atoms with Gasteiger partial charge in [0.15, 0.2) is 0 Å². The van der Waals surface area contributed by atoms with Crippen molar-refractivity contribution in [1.82, 2.24) is 10.2 Å². The van der Waals surface area contributed by atoms with Crippen LogP contribution in [-0.4, -0.2) is 23.3 Å². The predicted molar refractivity (Wildman–Crippen MR) is 71.4 cm³/mol. The van der Waals surface area contributed by atoms with Gasteiger partial charge in [0, 0.05) is 12.0 Å². The van der Waals surface area contributed by atoms with Crippen LogP contribution in [0.3, 0.4) is 0 Å². The minimum Gasteiger partial charge on any atom is -0.372 e. The quantitative estimate of drug-likeness (QED) is 0.872. The van der Waals surface area contributed by atoms with Gasteiger partial charge < -0.3 is 10.5 Å². The van der Waals surface area contributed by atoms with Crippen LogP contribution < -0.4 is 5.73 Å². The number of nitrogens with two attached hydrogens (primary N) is 1. The second kappa shape index (κ2) is 5.08. The molecule has 1 aliphatic heterocycles. The van der Waals surface area contributed by atoms with E-state index in [4.69, 9.17) is 10.5 Å². The average Bonchev–Trinajstić information content (AvgIpc) is 2.83. The van der Waals surface area contributed by atoms with Crippen LogP contribution in [0.25, 0.3) is 10.9 Å². The maximum atomic E-state index is 5.83. The molecule has 0 aliphatic carbocycles. The summed E-state index contributed by atoms with van der Waals surface area (Å²) in [5, 5.41) is 8.69. The fourth-order valence-corrected chi connectivity index (χ4v) is 2.61. The van der Waals surface area contributed by atoms with Crippen molar-refractivity contribution >= 4 is 10.9 Å². The van der Waals surface area contributed by atoms with E-state index in [9.17, 15) is 0 Å². The largest absolute Gasteiger partial charge is 0.372 e. The van der Waals surface area contributed by atoms with Crippen molar-refractivity contribution in [2.75, 3.05) is 13.2 Å². The molecule has 2 aromatic rings. The molecule has 1 fully saturated rings. The summed E-state index contributed by atoms with van der Waals surface area (Å²) >= 11 is 0. The van der Waals surface area contributed by atoms with Crippen LogP contribution in [-0.2, 0) is 11.2 Å². The first-order valence-electron chi connectivity index (χ1n) is 6.67. The lowest BCUT2D eigenvalue weighted by Crippen LogP contribution is -2.12. The molecule has 0 spiro atoms. The SMILES string of the molecule is NCCc1ccc2n[nH]c(C3CCCCO3)c2c1. The number of H-pyrrole nitrogens is 1. The van der Waals surface area contributed by atoms with Gasteiger partial charge in [0.1, 0.15) is 0 Å². The molecule has 96 valence electrons. The highest BCUT2D eigenvalue weighted by molar-refractivity contribution is 5.82. The molecule has 2 heterocycles. The van der Waals surface area contributed by atoms with Gasteiger partial charge in [-0.25, -0.2) is 0 Å². The third-order valence-electron chi connectivity index (χ3n) is 3.58. The molecule has 1 atom stereocenters. The van der Waals surface area contributed by atoms with E-state index >= 15 is 0 Å². The normalized spacial score (nSPS) is 20.4. The molecule has 0 bridgehead atoms. The van der Waals surface area contributed by atoms with Crippen LogP contribution in [0.4, 0.5) is 0 Å². The lowest BCUT2D eigenvalue weighted by atomic mass is 10.0. The first-order valence-corrected chi connectivity index (χ1v) is 6.67. The molecule has 18 heavy (non-hydrogen) atoms. The van der Waals surface area contributed by atoms with E-state index in [1.807, 2.05) is 0 Å². The van der Waals surface area contributed by atoms with Gasteiger partial charge in [-0.05, 0) is 49.9 Å². The lowest BCUT2D eigenvalue weighted by molar-refractivity contribution is 0.0131. The van der Waals surface area contributed by atoms with E-state index in [1.54, 1.807) is 0 Å². The van der Waals surface area contributed by atoms with Crippen LogP contribution in [0.1, 0.15) is 36.6 Å². The number of nitrogens with one attached hydrogen (secondary N) is 1. The molecular weight excluding hydrogens is 226 g/mol. The Balaban J connectivity index is 1.97. The second-order valence-corrected chi connectivity index (χ2v) is 4.88. The van der Waals surface area contributed by atoms with Crippen molar-refractivity contribution < 1.29 is 4.74 Å². The molecule has 1 aromatic heterocycles. The molecule has 0 saturated carbocycles. The number of benzene rings is 1. The smallest absolute Gasteiger partial charge is 0.0995 e. The number of ether oxygens (including phenoxy) is 1. The number of aromatic nitrogens is 2. The summed E-state index contributed by atoms with van der Waals surface area (Å²) in [7, 11) is 0. The van der Waals surface area contributed by atoms with Crippen molar-refractivity contribution in [3.05, 3.63) is 29.5 Å². The summed E-state index contributed by atoms with van der Waals surface area (Å²) in [4.78, 5) is 0. The van der Waals surface area contributed by atoms with Gasteiger partial charge in [0.25, 0.3) is 0 Å². The number of hydrogen-bond acceptors (Lipinski definition) is 3. The van der Waals surface area contributed by atoms with E-state index < -0.39 is 0 Å². The number of fused-ring (bicyclic) bond motifs is 1. The van der Waals surface area contributed by atoms with Crippen molar-refractivity contribution in [2.45, 2.75) is 31.8 Å². The Hall–Kier alpha value is -1.39. The third-order valence-corrected chi connectivity index (χ3v) is 3.58. The molecule has 1 aliphatic rings. The van der Waals surface area contributed by atoms with E-state index in [-0.39, 0.29) is 6.10 Å². The number of hydrogen-bond donors (Lipinski definition) is 2. The summed E-state index contributed by atoms with van der Waals surface area (Å²) in [5.41, 5.74) is 9.02. The first kappa shape index (κ1) is 11.7. The summed E-state index contributed by atoms with van der Waals surface area (Å²) in [6, 6.07) is 6.35.